The van der Waals surface area contributed by atoms with Gasteiger partial charge in [0.15, 0.2) is 0 Å². The molecule has 1 aromatic carbocycles. The van der Waals surface area contributed by atoms with Crippen LogP contribution in [0.1, 0.15) is 12.8 Å². The largest absolute Gasteiger partial charge is 0.469 e. The summed E-state index contributed by atoms with van der Waals surface area (Å²) in [7, 11) is 3.93. The van der Waals surface area contributed by atoms with E-state index in [0.717, 1.165) is 31.6 Å². The molecular formula is C21H26N2O7. The lowest BCUT2D eigenvalue weighted by atomic mass is 9.96. The number of anilines is 2. The molecule has 0 unspecified atom stereocenters. The van der Waals surface area contributed by atoms with E-state index in [-0.39, 0.29) is 36.5 Å². The third-order valence-electron chi connectivity index (χ3n) is 5.39. The molecular weight excluding hydrogens is 392 g/mol. The van der Waals surface area contributed by atoms with E-state index in [1.807, 2.05) is 24.3 Å². The zero-order valence-corrected chi connectivity index (χ0v) is 17.4. The minimum atomic E-state index is -0.634. The van der Waals surface area contributed by atoms with Crippen molar-refractivity contribution in [2.75, 3.05) is 57.6 Å². The van der Waals surface area contributed by atoms with Gasteiger partial charge in [-0.05, 0) is 37.1 Å². The molecule has 0 bridgehead atoms. The van der Waals surface area contributed by atoms with Crippen LogP contribution in [0.4, 0.5) is 11.4 Å². The first-order valence-electron chi connectivity index (χ1n) is 9.68. The van der Waals surface area contributed by atoms with Crippen LogP contribution in [-0.2, 0) is 33.3 Å². The zero-order chi connectivity index (χ0) is 21.7. The standard InChI is InChI=1S/C21H26N2O7/c1-27-19(24)14-8-10-22(11-9-14)15-4-6-16(7-5-15)23-13-30-12-17(20(25)28-2)18(23)21(26)29-3/h4-7,14H,8-13H2,1-3H3. The summed E-state index contributed by atoms with van der Waals surface area (Å²) >= 11 is 0. The van der Waals surface area contributed by atoms with Crippen molar-refractivity contribution in [1.29, 1.82) is 0 Å². The maximum atomic E-state index is 12.4. The maximum Gasteiger partial charge on any atom is 0.355 e. The van der Waals surface area contributed by atoms with Crippen LogP contribution in [0.2, 0.25) is 0 Å². The fourth-order valence-corrected chi connectivity index (χ4v) is 3.73. The molecule has 1 saturated heterocycles. The maximum absolute atomic E-state index is 12.4. The van der Waals surface area contributed by atoms with Crippen molar-refractivity contribution in [3.05, 3.63) is 35.5 Å². The van der Waals surface area contributed by atoms with E-state index in [4.69, 9.17) is 18.9 Å². The Morgan fingerprint density at radius 1 is 0.900 bits per heavy atom. The average molecular weight is 418 g/mol. The second-order valence-electron chi connectivity index (χ2n) is 7.02. The van der Waals surface area contributed by atoms with Crippen LogP contribution in [0.25, 0.3) is 0 Å². The summed E-state index contributed by atoms with van der Waals surface area (Å²) in [6.07, 6.45) is 1.48. The molecule has 2 aliphatic heterocycles. The summed E-state index contributed by atoms with van der Waals surface area (Å²) in [6, 6.07) is 7.59. The van der Waals surface area contributed by atoms with Crippen LogP contribution in [-0.4, -0.2) is 65.7 Å². The minimum absolute atomic E-state index is 0.0270. The minimum Gasteiger partial charge on any atom is -0.469 e. The highest BCUT2D eigenvalue weighted by molar-refractivity contribution is 6.03. The molecule has 0 saturated carbocycles. The van der Waals surface area contributed by atoms with Crippen LogP contribution in [0.5, 0.6) is 0 Å². The summed E-state index contributed by atoms with van der Waals surface area (Å²) in [5.41, 5.74) is 1.92. The number of hydrogen-bond donors (Lipinski definition) is 0. The number of benzene rings is 1. The van der Waals surface area contributed by atoms with Gasteiger partial charge in [0.05, 0.1) is 39.4 Å². The number of ether oxygens (including phenoxy) is 4. The van der Waals surface area contributed by atoms with E-state index in [1.165, 1.54) is 21.3 Å². The molecule has 0 N–H and O–H groups in total. The quantitative estimate of drug-likeness (QED) is 0.520. The third-order valence-corrected chi connectivity index (χ3v) is 5.39. The zero-order valence-electron chi connectivity index (χ0n) is 17.4. The molecule has 0 amide bonds. The highest BCUT2D eigenvalue weighted by Crippen LogP contribution is 2.30. The second-order valence-corrected chi connectivity index (χ2v) is 7.02. The fraction of sp³-hybridized carbons (Fsp3) is 0.476. The van der Waals surface area contributed by atoms with Crippen molar-refractivity contribution in [3.8, 4) is 0 Å². The summed E-state index contributed by atoms with van der Waals surface area (Å²) < 4.78 is 20.0. The Kier molecular flexibility index (Phi) is 6.94. The summed E-state index contributed by atoms with van der Waals surface area (Å²) in [4.78, 5) is 40.0. The van der Waals surface area contributed by atoms with E-state index in [9.17, 15) is 14.4 Å². The van der Waals surface area contributed by atoms with Crippen LogP contribution < -0.4 is 9.80 Å². The Morgan fingerprint density at radius 3 is 2.07 bits per heavy atom. The van der Waals surface area contributed by atoms with Crippen molar-refractivity contribution < 1.29 is 33.3 Å². The van der Waals surface area contributed by atoms with Crippen LogP contribution >= 0.6 is 0 Å². The summed E-state index contributed by atoms with van der Waals surface area (Å²) in [5, 5.41) is 0. The van der Waals surface area contributed by atoms with Crippen LogP contribution in [0.15, 0.2) is 35.5 Å². The molecule has 3 rings (SSSR count). The van der Waals surface area contributed by atoms with Gasteiger partial charge in [-0.3, -0.25) is 4.79 Å². The second kappa shape index (κ2) is 9.62. The van der Waals surface area contributed by atoms with E-state index in [2.05, 4.69) is 4.90 Å². The number of rotatable bonds is 5. The molecule has 9 nitrogen and oxygen atoms in total. The van der Waals surface area contributed by atoms with Crippen molar-refractivity contribution in [2.24, 2.45) is 5.92 Å². The summed E-state index contributed by atoms with van der Waals surface area (Å²) in [5.74, 6) is -1.47. The average Bonchev–Trinajstić information content (AvgIpc) is 2.82. The summed E-state index contributed by atoms with van der Waals surface area (Å²) in [6.45, 7) is 1.59. The highest BCUT2D eigenvalue weighted by Gasteiger charge is 2.32. The fourth-order valence-electron chi connectivity index (χ4n) is 3.73. The number of esters is 3. The topological polar surface area (TPSA) is 94.6 Å². The lowest BCUT2D eigenvalue weighted by Crippen LogP contribution is -2.39. The van der Waals surface area contributed by atoms with Gasteiger partial charge in [0.25, 0.3) is 0 Å². The predicted molar refractivity (Wildman–Crippen MR) is 108 cm³/mol. The Morgan fingerprint density at radius 2 is 1.50 bits per heavy atom. The molecule has 0 aromatic heterocycles. The first-order valence-corrected chi connectivity index (χ1v) is 9.68. The number of carbonyl (C=O) groups excluding carboxylic acids is 3. The lowest BCUT2D eigenvalue weighted by molar-refractivity contribution is -0.146. The molecule has 2 aliphatic rings. The molecule has 0 radical (unpaired) electrons. The van der Waals surface area contributed by atoms with Gasteiger partial charge in [0.1, 0.15) is 12.4 Å². The number of piperidine rings is 1. The number of methoxy groups -OCH3 is 3. The van der Waals surface area contributed by atoms with Crippen molar-refractivity contribution in [2.45, 2.75) is 12.8 Å². The predicted octanol–water partition coefficient (Wildman–Crippen LogP) is 1.47. The van der Waals surface area contributed by atoms with Gasteiger partial charge >= 0.3 is 17.9 Å². The van der Waals surface area contributed by atoms with Gasteiger partial charge < -0.3 is 28.7 Å². The molecule has 162 valence electrons. The first-order chi connectivity index (χ1) is 14.5. The Labute approximate surface area is 175 Å². The van der Waals surface area contributed by atoms with Gasteiger partial charge in [-0.25, -0.2) is 9.59 Å². The van der Waals surface area contributed by atoms with Crippen molar-refractivity contribution in [1.82, 2.24) is 0 Å². The van der Waals surface area contributed by atoms with Gasteiger partial charge in [-0.15, -0.1) is 0 Å². The van der Waals surface area contributed by atoms with E-state index < -0.39 is 11.9 Å². The molecule has 9 heteroatoms. The Hall–Kier alpha value is -3.07. The van der Waals surface area contributed by atoms with Gasteiger partial charge in [0.2, 0.25) is 0 Å². The van der Waals surface area contributed by atoms with Crippen molar-refractivity contribution in [3.63, 3.8) is 0 Å². The van der Waals surface area contributed by atoms with Gasteiger partial charge in [-0.1, -0.05) is 0 Å². The first kappa shape index (κ1) is 21.6. The molecule has 1 aromatic rings. The SMILES string of the molecule is COC(=O)C1=C(C(=O)OC)N(c2ccc(N3CCC(C(=O)OC)CC3)cc2)COC1. The normalized spacial score (nSPS) is 17.6. The molecule has 30 heavy (non-hydrogen) atoms. The van der Waals surface area contributed by atoms with Crippen molar-refractivity contribution >= 4 is 29.3 Å². The molecule has 0 spiro atoms. The van der Waals surface area contributed by atoms with E-state index >= 15 is 0 Å². The highest BCUT2D eigenvalue weighted by atomic mass is 16.5. The number of nitrogens with zero attached hydrogens (tertiary/aromatic N) is 2. The van der Waals surface area contributed by atoms with E-state index in [0.29, 0.717) is 5.69 Å². The van der Waals surface area contributed by atoms with Crippen LogP contribution in [0.3, 0.4) is 0 Å². The number of carbonyl (C=O) groups is 3. The van der Waals surface area contributed by atoms with Crippen LogP contribution in [0, 0.1) is 5.92 Å². The monoisotopic (exact) mass is 418 g/mol. The Balaban J connectivity index is 1.79. The number of hydrogen-bond acceptors (Lipinski definition) is 9. The van der Waals surface area contributed by atoms with Gasteiger partial charge in [0, 0.05) is 24.5 Å². The van der Waals surface area contributed by atoms with E-state index in [1.54, 1.807) is 4.90 Å². The lowest BCUT2D eigenvalue weighted by Gasteiger charge is -2.34. The molecule has 2 heterocycles. The Bertz CT molecular complexity index is 826. The molecule has 1 fully saturated rings. The molecule has 0 aliphatic carbocycles. The molecule has 0 atom stereocenters. The van der Waals surface area contributed by atoms with Gasteiger partial charge in [-0.2, -0.15) is 0 Å². The third kappa shape index (κ3) is 4.40. The smallest absolute Gasteiger partial charge is 0.355 e.